The van der Waals surface area contributed by atoms with Gasteiger partial charge in [-0.05, 0) is 59.5 Å². The maximum absolute atomic E-state index is 4.00. The third kappa shape index (κ3) is 5.66. The molecule has 0 aromatic carbocycles. The van der Waals surface area contributed by atoms with E-state index in [1.54, 1.807) is 0 Å². The van der Waals surface area contributed by atoms with Crippen LogP contribution in [-0.2, 0) is 0 Å². The highest BCUT2D eigenvalue weighted by molar-refractivity contribution is 4.93. The molecule has 0 spiro atoms. The Morgan fingerprint density at radius 3 is 2.69 bits per heavy atom. The van der Waals surface area contributed by atoms with Crippen molar-refractivity contribution in [1.29, 1.82) is 0 Å². The molecule has 2 nitrogen and oxygen atoms in total. The second kappa shape index (κ2) is 5.83. The van der Waals surface area contributed by atoms with Gasteiger partial charge in [-0.1, -0.05) is 12.2 Å². The molecule has 16 heavy (non-hydrogen) atoms. The van der Waals surface area contributed by atoms with Crippen molar-refractivity contribution in [3.8, 4) is 0 Å². The van der Waals surface area contributed by atoms with E-state index >= 15 is 0 Å². The summed E-state index contributed by atoms with van der Waals surface area (Å²) in [5, 5.41) is 3.62. The molecule has 0 aromatic heterocycles. The number of nitrogens with one attached hydrogen (secondary N) is 1. The molecule has 1 unspecified atom stereocenters. The Morgan fingerprint density at radius 1 is 1.44 bits per heavy atom. The minimum atomic E-state index is 0.247. The predicted molar refractivity (Wildman–Crippen MR) is 71.7 cm³/mol. The van der Waals surface area contributed by atoms with Gasteiger partial charge in [0.05, 0.1) is 0 Å². The summed E-state index contributed by atoms with van der Waals surface area (Å²) in [6.07, 6.45) is 2.71. The van der Waals surface area contributed by atoms with Crippen LogP contribution in [0.5, 0.6) is 0 Å². The SMILES string of the molecule is C=C(C)CN1CCCC(CNC(C)(C)C)C1. The van der Waals surface area contributed by atoms with E-state index in [4.69, 9.17) is 0 Å². The lowest BCUT2D eigenvalue weighted by molar-refractivity contribution is 0.178. The van der Waals surface area contributed by atoms with Gasteiger partial charge in [0.15, 0.2) is 0 Å². The highest BCUT2D eigenvalue weighted by Crippen LogP contribution is 2.17. The van der Waals surface area contributed by atoms with Crippen molar-refractivity contribution < 1.29 is 0 Å². The quantitative estimate of drug-likeness (QED) is 0.739. The number of likely N-dealkylation sites (tertiary alicyclic amines) is 1. The van der Waals surface area contributed by atoms with Crippen LogP contribution in [0.3, 0.4) is 0 Å². The molecule has 1 fully saturated rings. The summed E-state index contributed by atoms with van der Waals surface area (Å²) in [5.41, 5.74) is 1.53. The van der Waals surface area contributed by atoms with Crippen LogP contribution in [0.4, 0.5) is 0 Å². The third-order valence-corrected chi connectivity index (χ3v) is 3.02. The summed E-state index contributed by atoms with van der Waals surface area (Å²) in [4.78, 5) is 2.54. The van der Waals surface area contributed by atoms with Gasteiger partial charge >= 0.3 is 0 Å². The van der Waals surface area contributed by atoms with E-state index in [2.05, 4.69) is 44.5 Å². The molecule has 0 radical (unpaired) electrons. The van der Waals surface area contributed by atoms with Gasteiger partial charge in [0.2, 0.25) is 0 Å². The molecule has 2 heteroatoms. The molecule has 0 aliphatic carbocycles. The van der Waals surface area contributed by atoms with E-state index in [0.29, 0.717) is 0 Å². The van der Waals surface area contributed by atoms with Gasteiger partial charge in [-0.25, -0.2) is 0 Å². The van der Waals surface area contributed by atoms with Crippen molar-refractivity contribution >= 4 is 0 Å². The Hall–Kier alpha value is -0.340. The highest BCUT2D eigenvalue weighted by atomic mass is 15.1. The van der Waals surface area contributed by atoms with Crippen molar-refractivity contribution in [3.05, 3.63) is 12.2 Å². The molecule has 0 saturated carbocycles. The fourth-order valence-corrected chi connectivity index (χ4v) is 2.29. The van der Waals surface area contributed by atoms with Gasteiger partial charge in [-0.3, -0.25) is 4.90 Å². The molecule has 0 amide bonds. The van der Waals surface area contributed by atoms with Crippen molar-refractivity contribution in [2.75, 3.05) is 26.2 Å². The van der Waals surface area contributed by atoms with Crippen molar-refractivity contribution in [1.82, 2.24) is 10.2 Å². The van der Waals surface area contributed by atoms with Gasteiger partial charge in [0.25, 0.3) is 0 Å². The monoisotopic (exact) mass is 224 g/mol. The zero-order chi connectivity index (χ0) is 12.2. The van der Waals surface area contributed by atoms with Crippen LogP contribution in [0, 0.1) is 5.92 Å². The topological polar surface area (TPSA) is 15.3 Å². The standard InChI is InChI=1S/C14H28N2/c1-12(2)10-16-8-6-7-13(11-16)9-15-14(3,4)5/h13,15H,1,6-11H2,2-5H3. The number of rotatable bonds is 4. The minimum absolute atomic E-state index is 0.247. The zero-order valence-electron chi connectivity index (χ0n) is 11.5. The lowest BCUT2D eigenvalue weighted by Crippen LogP contribution is -2.44. The summed E-state index contributed by atoms with van der Waals surface area (Å²) in [6.45, 7) is 17.5. The molecule has 1 N–H and O–H groups in total. The fraction of sp³-hybridized carbons (Fsp3) is 0.857. The summed E-state index contributed by atoms with van der Waals surface area (Å²) in [7, 11) is 0. The first-order chi connectivity index (χ1) is 7.37. The molecule has 94 valence electrons. The summed E-state index contributed by atoms with van der Waals surface area (Å²) in [6, 6.07) is 0. The lowest BCUT2D eigenvalue weighted by atomic mass is 9.96. The van der Waals surface area contributed by atoms with E-state index in [9.17, 15) is 0 Å². The maximum Gasteiger partial charge on any atom is 0.0187 e. The first-order valence-electron chi connectivity index (χ1n) is 6.48. The fourth-order valence-electron chi connectivity index (χ4n) is 2.29. The largest absolute Gasteiger partial charge is 0.312 e. The first-order valence-corrected chi connectivity index (χ1v) is 6.48. The molecule has 0 bridgehead atoms. The molecular weight excluding hydrogens is 196 g/mol. The van der Waals surface area contributed by atoms with E-state index in [1.807, 2.05) is 0 Å². The summed E-state index contributed by atoms with van der Waals surface area (Å²) in [5.74, 6) is 0.812. The van der Waals surface area contributed by atoms with E-state index < -0.39 is 0 Å². The molecule has 1 aliphatic rings. The van der Waals surface area contributed by atoms with Crippen LogP contribution in [0.25, 0.3) is 0 Å². The molecule has 1 aliphatic heterocycles. The van der Waals surface area contributed by atoms with Gasteiger partial charge < -0.3 is 5.32 Å². The Labute approximate surface area is 101 Å². The third-order valence-electron chi connectivity index (χ3n) is 3.02. The number of hydrogen-bond acceptors (Lipinski definition) is 2. The number of nitrogens with zero attached hydrogens (tertiary/aromatic N) is 1. The Balaban J connectivity index is 2.30. The second-order valence-corrected chi connectivity index (χ2v) is 6.33. The summed E-state index contributed by atoms with van der Waals surface area (Å²) >= 11 is 0. The smallest absolute Gasteiger partial charge is 0.0187 e. The van der Waals surface area contributed by atoms with Gasteiger partial charge in [0.1, 0.15) is 0 Å². The van der Waals surface area contributed by atoms with Crippen molar-refractivity contribution in [3.63, 3.8) is 0 Å². The van der Waals surface area contributed by atoms with Crippen LogP contribution >= 0.6 is 0 Å². The molecule has 1 atom stereocenters. The molecule has 1 saturated heterocycles. The Morgan fingerprint density at radius 2 is 2.12 bits per heavy atom. The normalized spacial score (nSPS) is 23.4. The zero-order valence-corrected chi connectivity index (χ0v) is 11.5. The molecule has 1 heterocycles. The molecule has 0 aromatic rings. The average Bonchev–Trinajstić information content (AvgIpc) is 2.13. The molecular formula is C14H28N2. The van der Waals surface area contributed by atoms with Crippen molar-refractivity contribution in [2.24, 2.45) is 5.92 Å². The van der Waals surface area contributed by atoms with E-state index in [0.717, 1.165) is 19.0 Å². The minimum Gasteiger partial charge on any atom is -0.312 e. The lowest BCUT2D eigenvalue weighted by Gasteiger charge is -2.34. The highest BCUT2D eigenvalue weighted by Gasteiger charge is 2.21. The van der Waals surface area contributed by atoms with Crippen LogP contribution in [0.15, 0.2) is 12.2 Å². The number of hydrogen-bond donors (Lipinski definition) is 1. The van der Waals surface area contributed by atoms with Crippen LogP contribution in [0.2, 0.25) is 0 Å². The summed E-state index contributed by atoms with van der Waals surface area (Å²) < 4.78 is 0. The van der Waals surface area contributed by atoms with Crippen molar-refractivity contribution in [2.45, 2.75) is 46.1 Å². The van der Waals surface area contributed by atoms with Crippen LogP contribution < -0.4 is 5.32 Å². The van der Waals surface area contributed by atoms with E-state index in [1.165, 1.54) is 31.5 Å². The Bertz CT molecular complexity index is 227. The van der Waals surface area contributed by atoms with E-state index in [-0.39, 0.29) is 5.54 Å². The number of piperidine rings is 1. The average molecular weight is 224 g/mol. The van der Waals surface area contributed by atoms with Crippen LogP contribution in [-0.4, -0.2) is 36.6 Å². The predicted octanol–water partition coefficient (Wildman–Crippen LogP) is 2.66. The van der Waals surface area contributed by atoms with Gasteiger partial charge in [-0.2, -0.15) is 0 Å². The van der Waals surface area contributed by atoms with Crippen LogP contribution in [0.1, 0.15) is 40.5 Å². The van der Waals surface area contributed by atoms with Gasteiger partial charge in [0, 0.05) is 18.6 Å². The Kier molecular flexibility index (Phi) is 5.00. The first kappa shape index (κ1) is 13.7. The van der Waals surface area contributed by atoms with Gasteiger partial charge in [-0.15, -0.1) is 0 Å². The molecule has 1 rings (SSSR count). The maximum atomic E-state index is 4.00. The second-order valence-electron chi connectivity index (χ2n) is 6.33.